The zero-order chi connectivity index (χ0) is 11.7. The summed E-state index contributed by atoms with van der Waals surface area (Å²) in [6.07, 6.45) is -0.789. The van der Waals surface area contributed by atoms with Crippen LogP contribution in [0.2, 0.25) is 0 Å². The number of rotatable bonds is 2. The van der Waals surface area contributed by atoms with E-state index in [1.165, 1.54) is 0 Å². The molecule has 1 aromatic heterocycles. The first kappa shape index (κ1) is 10.7. The largest absolute Gasteiger partial charge is 0.421 e. The van der Waals surface area contributed by atoms with Crippen LogP contribution in [0, 0.1) is 6.92 Å². The SMILES string of the molecule is Cc1c(NC(C)O)c(=O)oc2ccccc12. The lowest BCUT2D eigenvalue weighted by Gasteiger charge is -2.11. The molecule has 1 heterocycles. The van der Waals surface area contributed by atoms with E-state index in [1.807, 2.05) is 25.1 Å². The van der Waals surface area contributed by atoms with Crippen LogP contribution in [0.15, 0.2) is 33.5 Å². The molecule has 0 spiro atoms. The summed E-state index contributed by atoms with van der Waals surface area (Å²) in [6.45, 7) is 3.37. The number of hydrogen-bond acceptors (Lipinski definition) is 4. The lowest BCUT2D eigenvalue weighted by Crippen LogP contribution is -2.20. The van der Waals surface area contributed by atoms with Crippen LogP contribution in [0.1, 0.15) is 12.5 Å². The molecule has 0 saturated carbocycles. The van der Waals surface area contributed by atoms with Crippen LogP contribution in [-0.4, -0.2) is 11.3 Å². The predicted octanol–water partition coefficient (Wildman–Crippen LogP) is 1.85. The Morgan fingerprint density at radius 3 is 2.75 bits per heavy atom. The quantitative estimate of drug-likeness (QED) is 0.597. The summed E-state index contributed by atoms with van der Waals surface area (Å²) in [7, 11) is 0. The summed E-state index contributed by atoms with van der Waals surface area (Å²) < 4.78 is 5.15. The molecule has 0 saturated heterocycles. The second kappa shape index (κ2) is 3.98. The molecule has 0 aliphatic heterocycles. The number of aryl methyl sites for hydroxylation is 1. The van der Waals surface area contributed by atoms with Crippen LogP contribution in [0.4, 0.5) is 5.69 Å². The minimum Gasteiger partial charge on any atom is -0.421 e. The molecule has 4 nitrogen and oxygen atoms in total. The molecule has 0 bridgehead atoms. The first-order chi connectivity index (χ1) is 7.59. The molecule has 0 amide bonds. The van der Waals surface area contributed by atoms with E-state index in [0.717, 1.165) is 10.9 Å². The predicted molar refractivity (Wildman–Crippen MR) is 62.5 cm³/mol. The number of fused-ring (bicyclic) bond motifs is 1. The van der Waals surface area contributed by atoms with E-state index in [0.29, 0.717) is 11.3 Å². The Labute approximate surface area is 92.5 Å². The smallest absolute Gasteiger partial charge is 0.360 e. The van der Waals surface area contributed by atoms with Crippen molar-refractivity contribution in [3.8, 4) is 0 Å². The normalized spacial score (nSPS) is 12.7. The fraction of sp³-hybridized carbons (Fsp3) is 0.250. The number of para-hydroxylation sites is 1. The Morgan fingerprint density at radius 1 is 1.38 bits per heavy atom. The Morgan fingerprint density at radius 2 is 2.06 bits per heavy atom. The van der Waals surface area contributed by atoms with Crippen molar-refractivity contribution in [1.29, 1.82) is 0 Å². The van der Waals surface area contributed by atoms with Gasteiger partial charge in [-0.1, -0.05) is 18.2 Å². The summed E-state index contributed by atoms with van der Waals surface area (Å²) in [4.78, 5) is 11.6. The maximum atomic E-state index is 11.6. The van der Waals surface area contributed by atoms with Gasteiger partial charge in [0.25, 0.3) is 0 Å². The molecule has 0 aliphatic carbocycles. The number of anilines is 1. The monoisotopic (exact) mass is 219 g/mol. The van der Waals surface area contributed by atoms with Crippen molar-refractivity contribution in [3.63, 3.8) is 0 Å². The van der Waals surface area contributed by atoms with Crippen molar-refractivity contribution in [2.24, 2.45) is 0 Å². The van der Waals surface area contributed by atoms with E-state index in [4.69, 9.17) is 4.42 Å². The Bertz CT molecular complexity index is 572. The highest BCUT2D eigenvalue weighted by Gasteiger charge is 2.11. The van der Waals surface area contributed by atoms with Crippen LogP contribution in [-0.2, 0) is 0 Å². The van der Waals surface area contributed by atoms with Gasteiger partial charge in [0.2, 0.25) is 0 Å². The topological polar surface area (TPSA) is 62.5 Å². The molecule has 0 fully saturated rings. The van der Waals surface area contributed by atoms with Gasteiger partial charge < -0.3 is 14.8 Å². The van der Waals surface area contributed by atoms with E-state index in [-0.39, 0.29) is 0 Å². The van der Waals surface area contributed by atoms with Crippen molar-refractivity contribution < 1.29 is 9.52 Å². The van der Waals surface area contributed by atoms with Gasteiger partial charge in [-0.3, -0.25) is 0 Å². The van der Waals surface area contributed by atoms with Crippen molar-refractivity contribution >= 4 is 16.7 Å². The molecule has 0 aliphatic rings. The molecule has 16 heavy (non-hydrogen) atoms. The van der Waals surface area contributed by atoms with Crippen LogP contribution < -0.4 is 10.9 Å². The Balaban J connectivity index is 2.71. The van der Waals surface area contributed by atoms with Crippen molar-refractivity contribution in [3.05, 3.63) is 40.2 Å². The number of aliphatic hydroxyl groups is 1. The van der Waals surface area contributed by atoms with Gasteiger partial charge in [0.15, 0.2) is 0 Å². The second-order valence-corrected chi connectivity index (χ2v) is 3.71. The molecule has 1 aromatic carbocycles. The van der Waals surface area contributed by atoms with Gasteiger partial charge in [-0.05, 0) is 25.5 Å². The Kier molecular flexibility index (Phi) is 2.66. The minimum absolute atomic E-state index is 0.314. The van der Waals surface area contributed by atoms with Crippen LogP contribution in [0.3, 0.4) is 0 Å². The van der Waals surface area contributed by atoms with Gasteiger partial charge in [0.1, 0.15) is 17.5 Å². The number of aliphatic hydroxyl groups excluding tert-OH is 1. The van der Waals surface area contributed by atoms with E-state index in [2.05, 4.69) is 5.32 Å². The van der Waals surface area contributed by atoms with Gasteiger partial charge in [-0.25, -0.2) is 4.79 Å². The van der Waals surface area contributed by atoms with Crippen molar-refractivity contribution in [2.45, 2.75) is 20.1 Å². The van der Waals surface area contributed by atoms with Gasteiger partial charge in [-0.2, -0.15) is 0 Å². The molecule has 2 N–H and O–H groups in total. The second-order valence-electron chi connectivity index (χ2n) is 3.71. The average Bonchev–Trinajstić information content (AvgIpc) is 2.24. The molecule has 1 unspecified atom stereocenters. The summed E-state index contributed by atoms with van der Waals surface area (Å²) in [5.41, 5.74) is 1.19. The summed E-state index contributed by atoms with van der Waals surface area (Å²) in [6, 6.07) is 7.31. The number of hydrogen-bond donors (Lipinski definition) is 2. The third-order valence-corrected chi connectivity index (χ3v) is 2.43. The van der Waals surface area contributed by atoms with Crippen LogP contribution >= 0.6 is 0 Å². The lowest BCUT2D eigenvalue weighted by atomic mass is 10.1. The molecular formula is C12H13NO3. The number of benzene rings is 1. The van der Waals surface area contributed by atoms with E-state index in [1.54, 1.807) is 13.0 Å². The maximum Gasteiger partial charge on any atom is 0.360 e. The highest BCUT2D eigenvalue weighted by atomic mass is 16.4. The molecule has 2 aromatic rings. The highest BCUT2D eigenvalue weighted by molar-refractivity contribution is 5.84. The van der Waals surface area contributed by atoms with Gasteiger partial charge in [-0.15, -0.1) is 0 Å². The summed E-state index contributed by atoms with van der Waals surface area (Å²) >= 11 is 0. The summed E-state index contributed by atoms with van der Waals surface area (Å²) in [5.74, 6) is 0. The first-order valence-electron chi connectivity index (χ1n) is 5.06. The molecule has 4 heteroatoms. The zero-order valence-electron chi connectivity index (χ0n) is 9.15. The minimum atomic E-state index is -0.789. The van der Waals surface area contributed by atoms with E-state index < -0.39 is 11.9 Å². The molecular weight excluding hydrogens is 206 g/mol. The highest BCUT2D eigenvalue weighted by Crippen LogP contribution is 2.21. The first-order valence-corrected chi connectivity index (χ1v) is 5.06. The molecule has 1 atom stereocenters. The third-order valence-electron chi connectivity index (χ3n) is 2.43. The lowest BCUT2D eigenvalue weighted by molar-refractivity contribution is 0.224. The maximum absolute atomic E-state index is 11.6. The van der Waals surface area contributed by atoms with E-state index >= 15 is 0 Å². The van der Waals surface area contributed by atoms with Crippen molar-refractivity contribution in [1.82, 2.24) is 0 Å². The van der Waals surface area contributed by atoms with Gasteiger partial charge in [0.05, 0.1) is 0 Å². The van der Waals surface area contributed by atoms with Crippen LogP contribution in [0.25, 0.3) is 11.0 Å². The van der Waals surface area contributed by atoms with Crippen molar-refractivity contribution in [2.75, 3.05) is 5.32 Å². The number of nitrogens with one attached hydrogen (secondary N) is 1. The van der Waals surface area contributed by atoms with Gasteiger partial charge >= 0.3 is 5.63 Å². The zero-order valence-corrected chi connectivity index (χ0v) is 9.15. The summed E-state index contributed by atoms with van der Waals surface area (Å²) in [5, 5.41) is 12.8. The van der Waals surface area contributed by atoms with E-state index in [9.17, 15) is 9.90 Å². The Hall–Kier alpha value is -1.81. The average molecular weight is 219 g/mol. The van der Waals surface area contributed by atoms with Crippen LogP contribution in [0.5, 0.6) is 0 Å². The molecule has 2 rings (SSSR count). The molecule has 0 radical (unpaired) electrons. The third kappa shape index (κ3) is 1.79. The fourth-order valence-corrected chi connectivity index (χ4v) is 1.68. The standard InChI is InChI=1S/C12H13NO3/c1-7-9-5-3-4-6-10(9)16-12(15)11(7)13-8(2)14/h3-6,8,13-14H,1-2H3. The van der Waals surface area contributed by atoms with Gasteiger partial charge in [0, 0.05) is 5.39 Å². The fourth-order valence-electron chi connectivity index (χ4n) is 1.68. The molecule has 84 valence electrons.